The maximum atomic E-state index is 12.8. The lowest BCUT2D eigenvalue weighted by atomic mass is 9.72. The summed E-state index contributed by atoms with van der Waals surface area (Å²) in [4.78, 5) is 21.7. The Hall–Kier alpha value is -3.40. The number of benzene rings is 1. The van der Waals surface area contributed by atoms with E-state index in [1.807, 2.05) is 20.8 Å². The predicted molar refractivity (Wildman–Crippen MR) is 137 cm³/mol. The molecule has 2 aliphatic rings. The van der Waals surface area contributed by atoms with E-state index in [1.165, 1.54) is 14.2 Å². The van der Waals surface area contributed by atoms with Crippen molar-refractivity contribution in [1.82, 2.24) is 9.97 Å². The monoisotopic (exact) mass is 509 g/mol. The van der Waals surface area contributed by atoms with Crippen molar-refractivity contribution in [3.63, 3.8) is 0 Å². The summed E-state index contributed by atoms with van der Waals surface area (Å²) in [5.74, 6) is 0.569. The van der Waals surface area contributed by atoms with E-state index in [0.29, 0.717) is 61.5 Å². The molecule has 0 spiro atoms. The summed E-state index contributed by atoms with van der Waals surface area (Å²) in [6, 6.07) is 5.52. The highest BCUT2D eigenvalue weighted by atomic mass is 16.6. The SMILES string of the molecule is COC(=O)c1cc(Nc2ncc(C)c(N[C@H]3COCCC3C#N)n2)cc(OC)c1B1OCC(C)(C)CO1. The van der Waals surface area contributed by atoms with E-state index in [4.69, 9.17) is 23.5 Å². The van der Waals surface area contributed by atoms with Crippen LogP contribution in [0.2, 0.25) is 0 Å². The highest BCUT2D eigenvalue weighted by molar-refractivity contribution is 6.64. The van der Waals surface area contributed by atoms with Crippen LogP contribution in [0.25, 0.3) is 0 Å². The first-order chi connectivity index (χ1) is 17.7. The topological polar surface area (TPSA) is 137 Å². The van der Waals surface area contributed by atoms with Crippen LogP contribution in [0.1, 0.15) is 36.2 Å². The van der Waals surface area contributed by atoms with Crippen molar-refractivity contribution in [2.45, 2.75) is 33.2 Å². The van der Waals surface area contributed by atoms with E-state index in [2.05, 4.69) is 26.7 Å². The molecule has 0 aliphatic carbocycles. The molecule has 0 saturated carbocycles. The highest BCUT2D eigenvalue weighted by Crippen LogP contribution is 2.28. The van der Waals surface area contributed by atoms with Gasteiger partial charge in [0.2, 0.25) is 5.95 Å². The molecule has 2 saturated heterocycles. The first-order valence-corrected chi connectivity index (χ1v) is 12.1. The van der Waals surface area contributed by atoms with Crippen LogP contribution in [0.4, 0.5) is 17.5 Å². The molecule has 0 radical (unpaired) electrons. The van der Waals surface area contributed by atoms with Gasteiger partial charge >= 0.3 is 13.1 Å². The van der Waals surface area contributed by atoms with Gasteiger partial charge in [-0.25, -0.2) is 9.78 Å². The number of esters is 1. The third-order valence-electron chi connectivity index (χ3n) is 6.33. The van der Waals surface area contributed by atoms with Crippen molar-refractivity contribution in [1.29, 1.82) is 5.26 Å². The second-order valence-electron chi connectivity index (χ2n) is 9.95. The first-order valence-electron chi connectivity index (χ1n) is 12.1. The van der Waals surface area contributed by atoms with Gasteiger partial charge in [0.15, 0.2) is 0 Å². The third-order valence-corrected chi connectivity index (χ3v) is 6.33. The minimum Gasteiger partial charge on any atom is -0.497 e. The van der Waals surface area contributed by atoms with Gasteiger partial charge in [0.25, 0.3) is 0 Å². The van der Waals surface area contributed by atoms with Crippen LogP contribution in [0.15, 0.2) is 18.3 Å². The van der Waals surface area contributed by atoms with Crippen molar-refractivity contribution in [3.8, 4) is 11.8 Å². The largest absolute Gasteiger partial charge is 0.498 e. The number of aromatic nitrogens is 2. The zero-order valence-corrected chi connectivity index (χ0v) is 21.8. The van der Waals surface area contributed by atoms with Gasteiger partial charge < -0.3 is 34.2 Å². The fraction of sp³-hybridized carbons (Fsp3) is 0.520. The number of nitrogens with zero attached hydrogens (tertiary/aromatic N) is 3. The van der Waals surface area contributed by atoms with Gasteiger partial charge in [0.1, 0.15) is 11.6 Å². The smallest absolute Gasteiger partial charge is 0.497 e. The molecule has 1 unspecified atom stereocenters. The summed E-state index contributed by atoms with van der Waals surface area (Å²) >= 11 is 0. The van der Waals surface area contributed by atoms with E-state index < -0.39 is 13.1 Å². The molecule has 11 nitrogen and oxygen atoms in total. The van der Waals surface area contributed by atoms with Gasteiger partial charge in [-0.15, -0.1) is 0 Å². The van der Waals surface area contributed by atoms with Crippen molar-refractivity contribution in [2.75, 3.05) is 51.3 Å². The van der Waals surface area contributed by atoms with Crippen molar-refractivity contribution < 1.29 is 28.3 Å². The van der Waals surface area contributed by atoms with E-state index in [1.54, 1.807) is 18.3 Å². The van der Waals surface area contributed by atoms with Crippen molar-refractivity contribution in [3.05, 3.63) is 29.5 Å². The number of nitriles is 1. The molecule has 2 aliphatic heterocycles. The summed E-state index contributed by atoms with van der Waals surface area (Å²) in [6.45, 7) is 7.90. The first kappa shape index (κ1) is 26.7. The molecule has 196 valence electrons. The summed E-state index contributed by atoms with van der Waals surface area (Å²) < 4.78 is 28.1. The number of carbonyl (C=O) groups excluding carboxylic acids is 1. The molecular weight excluding hydrogens is 477 g/mol. The quantitative estimate of drug-likeness (QED) is 0.421. The predicted octanol–water partition coefficient (Wildman–Crippen LogP) is 2.43. The second-order valence-corrected chi connectivity index (χ2v) is 9.95. The fourth-order valence-electron chi connectivity index (χ4n) is 4.24. The average molecular weight is 509 g/mol. The van der Waals surface area contributed by atoms with Crippen LogP contribution in [-0.2, 0) is 18.8 Å². The normalized spacial score (nSPS) is 21.0. The standard InChI is InChI=1S/C25H32BN5O6/c1-15-11-28-24(31-22(15)30-19-12-35-7-6-16(19)10-27)29-17-8-18(23(32)34-5)21(20(9-17)33-4)26-36-13-25(2,3)14-37-26/h8-9,11,16,19H,6-7,12-14H2,1-5H3,(H2,28,29,30,31)/t16?,19-/m0/s1. The van der Waals surface area contributed by atoms with Crippen molar-refractivity contribution >= 4 is 36.0 Å². The average Bonchev–Trinajstić information content (AvgIpc) is 2.90. The second kappa shape index (κ2) is 11.3. The van der Waals surface area contributed by atoms with Gasteiger partial charge in [0.05, 0.1) is 44.4 Å². The number of rotatable bonds is 7. The minimum absolute atomic E-state index is 0.137. The molecular formula is C25H32BN5O6. The summed E-state index contributed by atoms with van der Waals surface area (Å²) in [7, 11) is 2.05. The van der Waals surface area contributed by atoms with Gasteiger partial charge in [-0.05, 0) is 19.4 Å². The number of hydrogen-bond donors (Lipinski definition) is 2. The maximum absolute atomic E-state index is 12.8. The molecule has 1 aromatic heterocycles. The van der Waals surface area contributed by atoms with Crippen LogP contribution < -0.4 is 20.8 Å². The molecule has 12 heteroatoms. The van der Waals surface area contributed by atoms with Gasteiger partial charge in [-0.2, -0.15) is 10.2 Å². The van der Waals surface area contributed by atoms with Gasteiger partial charge in [0, 0.05) is 54.2 Å². The molecule has 2 fully saturated rings. The number of aryl methyl sites for hydroxylation is 1. The highest BCUT2D eigenvalue weighted by Gasteiger charge is 2.38. The molecule has 0 bridgehead atoms. The third kappa shape index (κ3) is 6.13. The van der Waals surface area contributed by atoms with E-state index in [0.717, 1.165) is 5.56 Å². The number of anilines is 3. The minimum atomic E-state index is -0.775. The van der Waals surface area contributed by atoms with Crippen LogP contribution in [0, 0.1) is 29.6 Å². The Bertz CT molecular complexity index is 1180. The lowest BCUT2D eigenvalue weighted by Gasteiger charge is -2.34. The number of hydrogen-bond acceptors (Lipinski definition) is 11. The van der Waals surface area contributed by atoms with Crippen molar-refractivity contribution in [2.24, 2.45) is 11.3 Å². The Labute approximate surface area is 217 Å². The Balaban J connectivity index is 1.62. The van der Waals surface area contributed by atoms with Gasteiger partial charge in [-0.3, -0.25) is 0 Å². The molecule has 2 aromatic rings. The Morgan fingerprint density at radius 2 is 2.03 bits per heavy atom. The number of carbonyl (C=O) groups is 1. The maximum Gasteiger partial charge on any atom is 0.498 e. The lowest BCUT2D eigenvalue weighted by Crippen LogP contribution is -2.49. The molecule has 2 N–H and O–H groups in total. The molecule has 0 amide bonds. The number of nitrogens with one attached hydrogen (secondary N) is 2. The number of ether oxygens (including phenoxy) is 3. The van der Waals surface area contributed by atoms with E-state index in [9.17, 15) is 10.1 Å². The lowest BCUT2D eigenvalue weighted by molar-refractivity contribution is 0.0338. The molecule has 1 aromatic carbocycles. The zero-order chi connectivity index (χ0) is 26.6. The Kier molecular flexibility index (Phi) is 8.17. The van der Waals surface area contributed by atoms with Crippen LogP contribution >= 0.6 is 0 Å². The summed E-state index contributed by atoms with van der Waals surface area (Å²) in [5, 5.41) is 16.0. The van der Waals surface area contributed by atoms with Crippen LogP contribution in [-0.4, -0.2) is 69.7 Å². The number of methoxy groups -OCH3 is 2. The van der Waals surface area contributed by atoms with Crippen LogP contribution in [0.3, 0.4) is 0 Å². The Morgan fingerprint density at radius 1 is 1.27 bits per heavy atom. The van der Waals surface area contributed by atoms with E-state index >= 15 is 0 Å². The summed E-state index contributed by atoms with van der Waals surface area (Å²) in [5.41, 5.74) is 1.91. The van der Waals surface area contributed by atoms with Crippen LogP contribution in [0.5, 0.6) is 5.75 Å². The fourth-order valence-corrected chi connectivity index (χ4v) is 4.24. The Morgan fingerprint density at radius 3 is 2.70 bits per heavy atom. The van der Waals surface area contributed by atoms with E-state index in [-0.39, 0.29) is 22.9 Å². The zero-order valence-electron chi connectivity index (χ0n) is 21.8. The molecule has 4 rings (SSSR count). The molecule has 2 atom stereocenters. The summed E-state index contributed by atoms with van der Waals surface area (Å²) in [6.07, 6.45) is 2.35. The molecule has 37 heavy (non-hydrogen) atoms. The van der Waals surface area contributed by atoms with Gasteiger partial charge in [-0.1, -0.05) is 13.8 Å². The molecule has 3 heterocycles.